The summed E-state index contributed by atoms with van der Waals surface area (Å²) >= 11 is 0. The molecule has 1 aromatic heterocycles. The number of carbonyl (C=O) groups excluding carboxylic acids is 1. The first-order valence-corrected chi connectivity index (χ1v) is 9.42. The van der Waals surface area contributed by atoms with Gasteiger partial charge in [-0.05, 0) is 48.9 Å². The first kappa shape index (κ1) is 21.4. The maximum atomic E-state index is 12.7. The molecule has 6 nitrogen and oxygen atoms in total. The van der Waals surface area contributed by atoms with E-state index in [0.717, 1.165) is 31.4 Å². The van der Waals surface area contributed by atoms with E-state index in [0.29, 0.717) is 23.5 Å². The van der Waals surface area contributed by atoms with Crippen LogP contribution in [0.25, 0.3) is 11.5 Å². The van der Waals surface area contributed by atoms with Crippen LogP contribution in [0.1, 0.15) is 42.1 Å². The molecule has 158 valence electrons. The molecule has 0 aliphatic carbocycles. The third kappa shape index (κ3) is 5.59. The lowest BCUT2D eigenvalue weighted by molar-refractivity contribution is -0.137. The third-order valence-corrected chi connectivity index (χ3v) is 4.22. The highest BCUT2D eigenvalue weighted by atomic mass is 19.4. The number of nitrogens with zero attached hydrogens (tertiary/aromatic N) is 2. The van der Waals surface area contributed by atoms with Crippen LogP contribution in [0.4, 0.5) is 19.2 Å². The van der Waals surface area contributed by atoms with Gasteiger partial charge in [0, 0.05) is 11.1 Å². The van der Waals surface area contributed by atoms with Gasteiger partial charge < -0.3 is 9.15 Å². The summed E-state index contributed by atoms with van der Waals surface area (Å²) in [6.45, 7) is 2.67. The Kier molecular flexibility index (Phi) is 6.71. The SMILES string of the molecule is CCCCCOc1cccc(C(=O)Nc2nnc(-c3ccc(C(F)(F)F)cc3)o2)c1. The second kappa shape index (κ2) is 9.43. The Hall–Kier alpha value is -3.36. The smallest absolute Gasteiger partial charge is 0.416 e. The number of anilines is 1. The Morgan fingerprint density at radius 2 is 1.87 bits per heavy atom. The number of halogens is 3. The van der Waals surface area contributed by atoms with Crippen LogP contribution in [-0.2, 0) is 6.18 Å². The van der Waals surface area contributed by atoms with Crippen molar-refractivity contribution < 1.29 is 27.1 Å². The molecule has 0 saturated carbocycles. The van der Waals surface area contributed by atoms with Crippen LogP contribution in [0.5, 0.6) is 5.75 Å². The molecule has 0 spiro atoms. The number of aromatic nitrogens is 2. The van der Waals surface area contributed by atoms with Crippen LogP contribution < -0.4 is 10.1 Å². The number of unbranched alkanes of at least 4 members (excludes halogenated alkanes) is 2. The number of nitrogens with one attached hydrogen (secondary N) is 1. The average molecular weight is 419 g/mol. The van der Waals surface area contributed by atoms with Gasteiger partial charge >= 0.3 is 12.2 Å². The Morgan fingerprint density at radius 1 is 1.10 bits per heavy atom. The molecule has 0 saturated heterocycles. The zero-order valence-corrected chi connectivity index (χ0v) is 16.2. The molecule has 0 unspecified atom stereocenters. The summed E-state index contributed by atoms with van der Waals surface area (Å²) in [7, 11) is 0. The molecular weight excluding hydrogens is 399 g/mol. The number of hydrogen-bond acceptors (Lipinski definition) is 5. The Morgan fingerprint density at radius 3 is 2.57 bits per heavy atom. The fraction of sp³-hybridized carbons (Fsp3) is 0.286. The Labute approximate surface area is 171 Å². The fourth-order valence-electron chi connectivity index (χ4n) is 2.63. The number of ether oxygens (including phenoxy) is 1. The van der Waals surface area contributed by atoms with Crippen molar-refractivity contribution in [2.24, 2.45) is 0 Å². The van der Waals surface area contributed by atoms with E-state index in [1.807, 2.05) is 0 Å². The summed E-state index contributed by atoms with van der Waals surface area (Å²) in [6.07, 6.45) is -1.34. The lowest BCUT2D eigenvalue weighted by Gasteiger charge is -2.07. The monoisotopic (exact) mass is 419 g/mol. The summed E-state index contributed by atoms with van der Waals surface area (Å²) in [4.78, 5) is 12.4. The third-order valence-electron chi connectivity index (χ3n) is 4.22. The predicted octanol–water partition coefficient (Wildman–Crippen LogP) is 5.58. The summed E-state index contributed by atoms with van der Waals surface area (Å²) < 4.78 is 48.9. The minimum absolute atomic E-state index is 0.00738. The highest BCUT2D eigenvalue weighted by Crippen LogP contribution is 2.31. The van der Waals surface area contributed by atoms with Crippen LogP contribution in [0, 0.1) is 0 Å². The van der Waals surface area contributed by atoms with E-state index in [2.05, 4.69) is 22.4 Å². The summed E-state index contributed by atoms with van der Waals surface area (Å²) in [5.41, 5.74) is -0.133. The molecule has 9 heteroatoms. The second-order valence-corrected chi connectivity index (χ2v) is 6.53. The molecule has 0 bridgehead atoms. The van der Waals surface area contributed by atoms with Crippen LogP contribution in [0.3, 0.4) is 0 Å². The lowest BCUT2D eigenvalue weighted by atomic mass is 10.1. The van der Waals surface area contributed by atoms with Gasteiger partial charge in [-0.15, -0.1) is 5.10 Å². The summed E-state index contributed by atoms with van der Waals surface area (Å²) in [6, 6.07) is 10.8. The van der Waals surface area contributed by atoms with E-state index in [1.54, 1.807) is 24.3 Å². The van der Waals surface area contributed by atoms with Crippen molar-refractivity contribution in [3.8, 4) is 17.2 Å². The first-order chi connectivity index (χ1) is 14.4. The highest BCUT2D eigenvalue weighted by Gasteiger charge is 2.30. The number of hydrogen-bond donors (Lipinski definition) is 1. The molecule has 0 atom stereocenters. The van der Waals surface area contributed by atoms with E-state index in [1.165, 1.54) is 12.1 Å². The van der Waals surface area contributed by atoms with Crippen molar-refractivity contribution in [1.29, 1.82) is 0 Å². The molecule has 0 aliphatic heterocycles. The standard InChI is InChI=1S/C21H20F3N3O3/c1-2-3-4-12-29-17-7-5-6-15(13-17)18(28)25-20-27-26-19(30-20)14-8-10-16(11-9-14)21(22,23)24/h5-11,13H,2-4,12H2,1H3,(H,25,27,28). The van der Waals surface area contributed by atoms with Crippen molar-refractivity contribution in [2.45, 2.75) is 32.4 Å². The quantitative estimate of drug-likeness (QED) is 0.483. The van der Waals surface area contributed by atoms with Gasteiger partial charge in [0.05, 0.1) is 12.2 Å². The molecule has 1 amide bonds. The molecule has 30 heavy (non-hydrogen) atoms. The van der Waals surface area contributed by atoms with Crippen LogP contribution in [0.15, 0.2) is 52.9 Å². The Balaban J connectivity index is 1.64. The maximum Gasteiger partial charge on any atom is 0.416 e. The molecule has 1 heterocycles. The topological polar surface area (TPSA) is 77.2 Å². The first-order valence-electron chi connectivity index (χ1n) is 9.42. The molecule has 2 aromatic carbocycles. The van der Waals surface area contributed by atoms with E-state index < -0.39 is 17.6 Å². The van der Waals surface area contributed by atoms with Crippen molar-refractivity contribution in [1.82, 2.24) is 10.2 Å². The molecule has 3 rings (SSSR count). The number of amides is 1. The molecule has 0 aliphatic rings. The van der Waals surface area contributed by atoms with Crippen LogP contribution >= 0.6 is 0 Å². The molecule has 1 N–H and O–H groups in total. The van der Waals surface area contributed by atoms with Crippen molar-refractivity contribution in [3.05, 3.63) is 59.7 Å². The van der Waals surface area contributed by atoms with Gasteiger partial charge in [0.1, 0.15) is 5.75 Å². The Bertz CT molecular complexity index is 985. The van der Waals surface area contributed by atoms with Crippen LogP contribution in [0.2, 0.25) is 0 Å². The van der Waals surface area contributed by atoms with Gasteiger partial charge in [-0.1, -0.05) is 30.9 Å². The van der Waals surface area contributed by atoms with Gasteiger partial charge in [-0.2, -0.15) is 13.2 Å². The predicted molar refractivity (Wildman–Crippen MR) is 104 cm³/mol. The minimum Gasteiger partial charge on any atom is -0.494 e. The normalized spacial score (nSPS) is 11.3. The molecular formula is C21H20F3N3O3. The fourth-order valence-corrected chi connectivity index (χ4v) is 2.63. The maximum absolute atomic E-state index is 12.7. The molecule has 0 fully saturated rings. The number of rotatable bonds is 8. The average Bonchev–Trinajstić information content (AvgIpc) is 3.19. The number of carbonyl (C=O) groups is 1. The second-order valence-electron chi connectivity index (χ2n) is 6.53. The molecule has 3 aromatic rings. The lowest BCUT2D eigenvalue weighted by Crippen LogP contribution is -2.12. The number of benzene rings is 2. The minimum atomic E-state index is -4.43. The van der Waals surface area contributed by atoms with Crippen molar-refractivity contribution >= 4 is 11.9 Å². The van der Waals surface area contributed by atoms with E-state index in [9.17, 15) is 18.0 Å². The van der Waals surface area contributed by atoms with Crippen molar-refractivity contribution in [3.63, 3.8) is 0 Å². The summed E-state index contributed by atoms with van der Waals surface area (Å²) in [5, 5.41) is 9.96. The van der Waals surface area contributed by atoms with Gasteiger partial charge in [-0.3, -0.25) is 10.1 Å². The largest absolute Gasteiger partial charge is 0.494 e. The highest BCUT2D eigenvalue weighted by molar-refractivity contribution is 6.03. The van der Waals surface area contributed by atoms with Crippen LogP contribution in [-0.4, -0.2) is 22.7 Å². The summed E-state index contributed by atoms with van der Waals surface area (Å²) in [5.74, 6) is 0.0957. The van der Waals surface area contributed by atoms with E-state index in [-0.39, 0.29) is 11.9 Å². The van der Waals surface area contributed by atoms with E-state index in [4.69, 9.17) is 9.15 Å². The zero-order chi connectivity index (χ0) is 21.6. The zero-order valence-electron chi connectivity index (χ0n) is 16.2. The van der Waals surface area contributed by atoms with Gasteiger partial charge in [-0.25, -0.2) is 0 Å². The number of alkyl halides is 3. The molecule has 0 radical (unpaired) electrons. The van der Waals surface area contributed by atoms with Crippen molar-refractivity contribution in [2.75, 3.05) is 11.9 Å². The van der Waals surface area contributed by atoms with Gasteiger partial charge in [0.15, 0.2) is 0 Å². The van der Waals surface area contributed by atoms with Gasteiger partial charge in [0.25, 0.3) is 5.91 Å². The van der Waals surface area contributed by atoms with Gasteiger partial charge in [0.2, 0.25) is 5.89 Å². The van der Waals surface area contributed by atoms with E-state index >= 15 is 0 Å².